The Kier molecular flexibility index (Phi) is 8.19. The van der Waals surface area contributed by atoms with Crippen LogP contribution in [-0.4, -0.2) is 0 Å². The fourth-order valence-corrected chi connectivity index (χ4v) is 12.5. The highest BCUT2D eigenvalue weighted by Gasteiger charge is 2.39. The van der Waals surface area contributed by atoms with Gasteiger partial charge < -0.3 is 18.9 Å². The molecule has 5 aliphatic rings. The molecule has 16 rings (SSSR count). The van der Waals surface area contributed by atoms with Crippen LogP contribution in [0.15, 0.2) is 206 Å². The molecule has 0 amide bonds. The van der Waals surface area contributed by atoms with Gasteiger partial charge >= 0.3 is 0 Å². The van der Waals surface area contributed by atoms with Gasteiger partial charge in [-0.2, -0.15) is 0 Å². The van der Waals surface area contributed by atoms with Gasteiger partial charge in [-0.25, -0.2) is 0 Å². The minimum Gasteiger partial charge on any atom is -0.453 e. The molecule has 5 heterocycles. The Morgan fingerprint density at radius 1 is 0.357 bits per heavy atom. The highest BCUT2D eigenvalue weighted by molar-refractivity contribution is 7.25. The number of nitrogens with zero attached hydrogens (tertiary/aromatic N) is 2. The van der Waals surface area contributed by atoms with E-state index in [4.69, 9.17) is 18.9 Å². The Labute approximate surface area is 408 Å². The van der Waals surface area contributed by atoms with Crippen molar-refractivity contribution in [2.24, 2.45) is 0 Å². The average Bonchev–Trinajstić information content (AvgIpc) is 3.90. The molecule has 332 valence electrons. The van der Waals surface area contributed by atoms with Gasteiger partial charge in [-0.05, 0) is 129 Å². The lowest BCUT2D eigenvalue weighted by Gasteiger charge is -2.38. The first kappa shape index (κ1) is 39.2. The maximum absolute atomic E-state index is 6.51. The maximum Gasteiger partial charge on any atom is 0.156 e. The molecule has 0 atom stereocenters. The van der Waals surface area contributed by atoms with Crippen LogP contribution in [0, 0.1) is 0 Å². The van der Waals surface area contributed by atoms with Gasteiger partial charge in [0, 0.05) is 25.6 Å². The van der Waals surface area contributed by atoms with Gasteiger partial charge in [0.05, 0.1) is 22.7 Å². The van der Waals surface area contributed by atoms with E-state index in [1.165, 1.54) is 53.6 Å². The fraction of sp³-hybridized carbons (Fsp3) is 0.0476. The van der Waals surface area contributed by atoms with Crippen LogP contribution in [0.4, 0.5) is 34.1 Å². The topological polar surface area (TPSA) is 43.4 Å². The van der Waals surface area contributed by atoms with Gasteiger partial charge in [0.1, 0.15) is 11.4 Å². The lowest BCUT2D eigenvalue weighted by atomic mass is 9.82. The van der Waals surface area contributed by atoms with Gasteiger partial charge in [-0.15, -0.1) is 11.3 Å². The van der Waals surface area contributed by atoms with Crippen LogP contribution in [0.25, 0.3) is 53.6 Å². The third-order valence-electron chi connectivity index (χ3n) is 14.5. The van der Waals surface area contributed by atoms with Crippen molar-refractivity contribution in [1.82, 2.24) is 0 Å². The molecule has 0 fully saturated rings. The van der Waals surface area contributed by atoms with E-state index in [0.29, 0.717) is 0 Å². The number of thiophene rings is 1. The molecule has 0 spiro atoms. The molecule has 4 aliphatic heterocycles. The Morgan fingerprint density at radius 2 is 0.757 bits per heavy atom. The van der Waals surface area contributed by atoms with Gasteiger partial charge in [0.2, 0.25) is 0 Å². The Bertz CT molecular complexity index is 3900. The second-order valence-electron chi connectivity index (χ2n) is 18.8. The van der Waals surface area contributed by atoms with Crippen LogP contribution in [0.1, 0.15) is 25.0 Å². The number of para-hydroxylation sites is 8. The van der Waals surface area contributed by atoms with E-state index in [2.05, 4.69) is 157 Å². The zero-order valence-electron chi connectivity index (χ0n) is 38.1. The lowest BCUT2D eigenvalue weighted by molar-refractivity contribution is 0.446. The normalized spacial score (nSPS) is 14.1. The summed E-state index contributed by atoms with van der Waals surface area (Å²) in [7, 11) is 0. The van der Waals surface area contributed by atoms with Crippen molar-refractivity contribution in [2.75, 3.05) is 9.80 Å². The molecule has 10 aromatic carbocycles. The van der Waals surface area contributed by atoms with Gasteiger partial charge in [0.25, 0.3) is 0 Å². The van der Waals surface area contributed by atoms with E-state index in [1.807, 2.05) is 84.1 Å². The minimum absolute atomic E-state index is 0.0495. The van der Waals surface area contributed by atoms with Crippen LogP contribution in [0.2, 0.25) is 0 Å². The van der Waals surface area contributed by atoms with E-state index in [9.17, 15) is 0 Å². The maximum atomic E-state index is 6.51. The minimum atomic E-state index is -0.0495. The number of fused-ring (bicyclic) bond motifs is 14. The van der Waals surface area contributed by atoms with Crippen molar-refractivity contribution >= 4 is 65.6 Å². The first-order valence-electron chi connectivity index (χ1n) is 23.6. The standard InChI is InChI=1S/C33H23NO2.C30H17NO2S/c1-33(2)23-12-4-3-10-22(23)31-21(11-9-13-24(31)33)20-18-29-32-30(19-20)36-28-17-8-6-15-26(28)34(32)25-14-5-7-16-27(25)35-29;1-6-14-27-20(8-1)29-19(9-7-15-28(29)34-27)18-16-25-30-26(17-18)33-24-13-5-3-11-22(24)31(30)21-10-2-4-12-23(21)32-25/h3-19H,1-2H3;1-17H. The van der Waals surface area contributed by atoms with Crippen LogP contribution < -0.4 is 28.7 Å². The number of anilines is 6. The molecule has 6 nitrogen and oxygen atoms in total. The zero-order chi connectivity index (χ0) is 46.2. The Balaban J connectivity index is 0.000000126. The first-order valence-corrected chi connectivity index (χ1v) is 24.5. The van der Waals surface area contributed by atoms with Crippen molar-refractivity contribution in [3.8, 4) is 79.4 Å². The highest BCUT2D eigenvalue weighted by Crippen LogP contribution is 2.63. The third-order valence-corrected chi connectivity index (χ3v) is 15.6. The zero-order valence-corrected chi connectivity index (χ0v) is 38.9. The van der Waals surface area contributed by atoms with E-state index < -0.39 is 0 Å². The fourth-order valence-electron chi connectivity index (χ4n) is 11.4. The van der Waals surface area contributed by atoms with Crippen LogP contribution in [-0.2, 0) is 5.41 Å². The summed E-state index contributed by atoms with van der Waals surface area (Å²) in [5.74, 6) is 6.58. The molecule has 1 aromatic heterocycles. The summed E-state index contributed by atoms with van der Waals surface area (Å²) in [6, 6.07) is 72.0. The number of hydrogen-bond acceptors (Lipinski definition) is 7. The van der Waals surface area contributed by atoms with Gasteiger partial charge in [0.15, 0.2) is 46.0 Å². The summed E-state index contributed by atoms with van der Waals surface area (Å²) in [5, 5.41) is 2.56. The smallest absolute Gasteiger partial charge is 0.156 e. The van der Waals surface area contributed by atoms with Crippen molar-refractivity contribution in [3.05, 3.63) is 217 Å². The lowest BCUT2D eigenvalue weighted by Crippen LogP contribution is -2.20. The second-order valence-corrected chi connectivity index (χ2v) is 19.9. The molecule has 70 heavy (non-hydrogen) atoms. The quantitative estimate of drug-likeness (QED) is 0.172. The first-order chi connectivity index (χ1) is 34.5. The van der Waals surface area contributed by atoms with Gasteiger partial charge in [-0.1, -0.05) is 135 Å². The third kappa shape index (κ3) is 5.61. The molecule has 0 unspecified atom stereocenters. The van der Waals surface area contributed by atoms with Crippen molar-refractivity contribution in [1.29, 1.82) is 0 Å². The van der Waals surface area contributed by atoms with Crippen LogP contribution in [0.3, 0.4) is 0 Å². The van der Waals surface area contributed by atoms with Gasteiger partial charge in [-0.3, -0.25) is 9.80 Å². The molecular weight excluding hydrogens is 881 g/mol. The molecule has 0 radical (unpaired) electrons. The summed E-state index contributed by atoms with van der Waals surface area (Å²) in [4.78, 5) is 4.52. The Hall–Kier alpha value is -8.78. The highest BCUT2D eigenvalue weighted by atomic mass is 32.1. The largest absolute Gasteiger partial charge is 0.453 e. The SMILES string of the molecule is CC1(C)c2ccccc2-c2c(-c3cc4c5c(c3)Oc3ccccc3N5c3ccccc3O4)cccc21.c1ccc2c(c1)Oc1cc(-c3cccc4sc5ccccc5c34)cc3c1N2c1ccccc1O3. The number of benzene rings is 10. The molecule has 0 saturated carbocycles. The average molecular weight is 921 g/mol. The summed E-state index contributed by atoms with van der Waals surface area (Å²) in [6.07, 6.45) is 0. The molecule has 1 aliphatic carbocycles. The number of ether oxygens (including phenoxy) is 4. The van der Waals surface area contributed by atoms with E-state index in [1.54, 1.807) is 0 Å². The van der Waals surface area contributed by atoms with Crippen molar-refractivity contribution in [3.63, 3.8) is 0 Å². The summed E-state index contributed by atoms with van der Waals surface area (Å²) < 4.78 is 28.5. The number of hydrogen-bond donors (Lipinski definition) is 0. The van der Waals surface area contributed by atoms with Crippen molar-refractivity contribution < 1.29 is 18.9 Å². The molecule has 11 aromatic rings. The molecule has 7 heteroatoms. The monoisotopic (exact) mass is 920 g/mol. The molecular formula is C63H40N2O4S. The summed E-state index contributed by atoms with van der Waals surface area (Å²) >= 11 is 1.83. The van der Waals surface area contributed by atoms with Crippen LogP contribution >= 0.6 is 11.3 Å². The predicted molar refractivity (Wildman–Crippen MR) is 284 cm³/mol. The Morgan fingerprint density at radius 3 is 1.31 bits per heavy atom. The summed E-state index contributed by atoms with van der Waals surface area (Å²) in [6.45, 7) is 4.63. The predicted octanol–water partition coefficient (Wildman–Crippen LogP) is 18.7. The molecule has 0 saturated heterocycles. The number of rotatable bonds is 2. The molecule has 0 bridgehead atoms. The van der Waals surface area contributed by atoms with E-state index in [0.717, 1.165) is 91.2 Å². The van der Waals surface area contributed by atoms with Crippen LogP contribution in [0.5, 0.6) is 46.0 Å². The summed E-state index contributed by atoms with van der Waals surface area (Å²) in [5.41, 5.74) is 15.8. The molecule has 0 N–H and O–H groups in total. The second kappa shape index (κ2) is 14.6. The van der Waals surface area contributed by atoms with Crippen molar-refractivity contribution in [2.45, 2.75) is 19.3 Å². The van der Waals surface area contributed by atoms with E-state index in [-0.39, 0.29) is 5.41 Å². The van der Waals surface area contributed by atoms with E-state index >= 15 is 0 Å².